The first kappa shape index (κ1) is 24.2. The summed E-state index contributed by atoms with van der Waals surface area (Å²) in [6, 6.07) is 2.05. The van der Waals surface area contributed by atoms with Crippen LogP contribution >= 0.6 is 0 Å². The molecule has 0 saturated heterocycles. The zero-order valence-electron chi connectivity index (χ0n) is 19.0. The fourth-order valence-corrected chi connectivity index (χ4v) is 3.17. The fourth-order valence-electron chi connectivity index (χ4n) is 3.17. The number of nitrogens with zero attached hydrogens (tertiary/aromatic N) is 1. The van der Waals surface area contributed by atoms with Gasteiger partial charge in [-0.05, 0) is 44.4 Å². The fraction of sp³-hybridized carbons (Fsp3) is 0.545. The Morgan fingerprint density at radius 1 is 1.19 bits per heavy atom. The second kappa shape index (κ2) is 10.3. The van der Waals surface area contributed by atoms with Gasteiger partial charge in [-0.25, -0.2) is 9.78 Å². The molecule has 31 heavy (non-hydrogen) atoms. The van der Waals surface area contributed by atoms with Crippen LogP contribution < -0.4 is 16.0 Å². The van der Waals surface area contributed by atoms with Crippen molar-refractivity contribution in [2.45, 2.75) is 65.1 Å². The summed E-state index contributed by atoms with van der Waals surface area (Å²) in [5.41, 5.74) is 0.799. The number of aromatic amines is 1. The van der Waals surface area contributed by atoms with E-state index < -0.39 is 29.7 Å². The third-order valence-corrected chi connectivity index (χ3v) is 5.01. The second-order valence-corrected chi connectivity index (χ2v) is 8.60. The van der Waals surface area contributed by atoms with Crippen molar-refractivity contribution in [3.05, 3.63) is 30.1 Å². The predicted octanol–water partition coefficient (Wildman–Crippen LogP) is 2.28. The van der Waals surface area contributed by atoms with Gasteiger partial charge in [-0.2, -0.15) is 0 Å². The Morgan fingerprint density at radius 3 is 2.52 bits per heavy atom. The number of fused-ring (bicyclic) bond motifs is 1. The van der Waals surface area contributed by atoms with Crippen LogP contribution in [0.4, 0.5) is 4.79 Å². The Morgan fingerprint density at radius 2 is 1.90 bits per heavy atom. The van der Waals surface area contributed by atoms with E-state index in [0.29, 0.717) is 12.1 Å². The largest absolute Gasteiger partial charge is 0.444 e. The summed E-state index contributed by atoms with van der Waals surface area (Å²) >= 11 is 0. The number of rotatable bonds is 8. The number of alkyl carbamates (subject to hydrolysis) is 1. The molecule has 0 fully saturated rings. The molecule has 0 aliphatic heterocycles. The second-order valence-electron chi connectivity index (χ2n) is 8.60. The molecule has 0 aliphatic carbocycles. The monoisotopic (exact) mass is 431 g/mol. The molecule has 2 aromatic rings. The summed E-state index contributed by atoms with van der Waals surface area (Å²) in [4.78, 5) is 45.2. The number of ether oxygens (including phenoxy) is 1. The summed E-state index contributed by atoms with van der Waals surface area (Å²) in [6.07, 6.45) is 3.64. The summed E-state index contributed by atoms with van der Waals surface area (Å²) in [6.45, 7) is 9.08. The molecule has 0 spiro atoms. The lowest BCUT2D eigenvalue weighted by Crippen LogP contribution is -2.56. The van der Waals surface area contributed by atoms with Crippen LogP contribution in [-0.2, 0) is 20.7 Å². The summed E-state index contributed by atoms with van der Waals surface area (Å²) < 4.78 is 5.34. The highest BCUT2D eigenvalue weighted by Gasteiger charge is 2.31. The maximum atomic E-state index is 13.2. The molecule has 4 N–H and O–H groups in total. The van der Waals surface area contributed by atoms with E-state index in [1.165, 1.54) is 7.05 Å². The smallest absolute Gasteiger partial charge is 0.408 e. The van der Waals surface area contributed by atoms with Gasteiger partial charge in [-0.1, -0.05) is 20.3 Å². The van der Waals surface area contributed by atoms with Crippen molar-refractivity contribution in [2.24, 2.45) is 5.92 Å². The van der Waals surface area contributed by atoms with Crippen LogP contribution in [0.25, 0.3) is 11.0 Å². The number of amides is 3. The number of carbonyl (C=O) groups excluding carboxylic acids is 3. The van der Waals surface area contributed by atoms with Crippen molar-refractivity contribution in [1.82, 2.24) is 25.9 Å². The van der Waals surface area contributed by atoms with Crippen LogP contribution in [0.2, 0.25) is 0 Å². The number of aromatic nitrogens is 2. The maximum Gasteiger partial charge on any atom is 0.408 e. The number of carbonyl (C=O) groups is 3. The average molecular weight is 432 g/mol. The number of H-pyrrole nitrogens is 1. The van der Waals surface area contributed by atoms with Gasteiger partial charge >= 0.3 is 6.09 Å². The van der Waals surface area contributed by atoms with Gasteiger partial charge < -0.3 is 25.7 Å². The van der Waals surface area contributed by atoms with Gasteiger partial charge in [-0.15, -0.1) is 0 Å². The van der Waals surface area contributed by atoms with Gasteiger partial charge in [0.25, 0.3) is 0 Å². The molecule has 0 radical (unpaired) electrons. The van der Waals surface area contributed by atoms with E-state index >= 15 is 0 Å². The van der Waals surface area contributed by atoms with Crippen LogP contribution in [0.3, 0.4) is 0 Å². The minimum atomic E-state index is -0.940. The van der Waals surface area contributed by atoms with E-state index in [4.69, 9.17) is 4.74 Å². The van der Waals surface area contributed by atoms with Crippen molar-refractivity contribution < 1.29 is 19.1 Å². The van der Waals surface area contributed by atoms with E-state index in [-0.39, 0.29) is 18.2 Å². The van der Waals surface area contributed by atoms with Gasteiger partial charge in [0.2, 0.25) is 11.8 Å². The van der Waals surface area contributed by atoms with Gasteiger partial charge in [-0.3, -0.25) is 9.59 Å². The number of nitrogens with one attached hydrogen (secondary N) is 4. The normalized spacial score (nSPS) is 14.4. The van der Waals surface area contributed by atoms with Crippen LogP contribution in [0.1, 0.15) is 46.6 Å². The quantitative estimate of drug-likeness (QED) is 0.510. The predicted molar refractivity (Wildman–Crippen MR) is 118 cm³/mol. The number of hydrogen-bond acceptors (Lipinski definition) is 5. The van der Waals surface area contributed by atoms with Crippen LogP contribution in [0.15, 0.2) is 24.5 Å². The average Bonchev–Trinajstić information content (AvgIpc) is 3.11. The zero-order valence-corrected chi connectivity index (χ0v) is 19.0. The van der Waals surface area contributed by atoms with Crippen LogP contribution in [0.5, 0.6) is 0 Å². The van der Waals surface area contributed by atoms with Crippen LogP contribution in [0, 0.1) is 5.92 Å². The molecule has 0 aliphatic rings. The summed E-state index contributed by atoms with van der Waals surface area (Å²) in [7, 11) is 1.53. The highest BCUT2D eigenvalue weighted by molar-refractivity contribution is 5.92. The van der Waals surface area contributed by atoms with Crippen molar-refractivity contribution in [3.63, 3.8) is 0 Å². The molecule has 0 saturated carbocycles. The minimum absolute atomic E-state index is 0.0802. The first-order chi connectivity index (χ1) is 14.6. The number of likely N-dealkylation sites (N-methyl/N-ethyl adjacent to an activating group) is 1. The van der Waals surface area contributed by atoms with E-state index in [1.807, 2.05) is 19.9 Å². The molecule has 2 heterocycles. The molecule has 3 amide bonds. The molecule has 2 rings (SSSR count). The molecular weight excluding hydrogens is 398 g/mol. The number of pyridine rings is 1. The first-order valence-electron chi connectivity index (χ1n) is 10.5. The molecule has 170 valence electrons. The van der Waals surface area contributed by atoms with E-state index in [2.05, 4.69) is 25.9 Å². The molecule has 0 bridgehead atoms. The third-order valence-electron chi connectivity index (χ3n) is 5.01. The molecule has 3 atom stereocenters. The van der Waals surface area contributed by atoms with Crippen molar-refractivity contribution in [2.75, 3.05) is 7.05 Å². The third kappa shape index (κ3) is 6.70. The van der Waals surface area contributed by atoms with Crippen molar-refractivity contribution in [1.29, 1.82) is 0 Å². The standard InChI is InChI=1S/C22H33N5O4/c1-7-13(2)17(20(29)23-6)27-19(28)16(26-21(30)31-22(3,4)5)11-14-12-25-18-15(14)9-8-10-24-18/h8-10,12-13,16-17H,7,11H2,1-6H3,(H,23,29)(H,24,25)(H,26,30)(H,27,28)/t13-,16-,17-/m0/s1. The summed E-state index contributed by atoms with van der Waals surface area (Å²) in [5, 5.41) is 8.90. The maximum absolute atomic E-state index is 13.2. The molecule has 0 aromatic carbocycles. The molecule has 9 nitrogen and oxygen atoms in total. The van der Waals surface area contributed by atoms with Gasteiger partial charge in [0.05, 0.1) is 0 Å². The molecule has 2 aromatic heterocycles. The first-order valence-corrected chi connectivity index (χ1v) is 10.5. The van der Waals surface area contributed by atoms with E-state index in [1.54, 1.807) is 39.2 Å². The molecular formula is C22H33N5O4. The van der Waals surface area contributed by atoms with Gasteiger partial charge in [0, 0.05) is 31.2 Å². The molecule has 0 unspecified atom stereocenters. The Hall–Kier alpha value is -3.10. The lowest BCUT2D eigenvalue weighted by Gasteiger charge is -2.27. The van der Waals surface area contributed by atoms with Gasteiger partial charge in [0.15, 0.2) is 0 Å². The zero-order chi connectivity index (χ0) is 23.2. The highest BCUT2D eigenvalue weighted by Crippen LogP contribution is 2.18. The van der Waals surface area contributed by atoms with Gasteiger partial charge in [0.1, 0.15) is 23.3 Å². The van der Waals surface area contributed by atoms with Crippen molar-refractivity contribution in [3.8, 4) is 0 Å². The Kier molecular flexibility index (Phi) is 8.01. The Labute approximate surface area is 182 Å². The van der Waals surface area contributed by atoms with E-state index in [9.17, 15) is 14.4 Å². The Bertz CT molecular complexity index is 918. The SMILES string of the molecule is CC[C@H](C)[C@H](NC(=O)[C@H](Cc1c[nH]c2ncccc12)NC(=O)OC(C)(C)C)C(=O)NC. The minimum Gasteiger partial charge on any atom is -0.444 e. The summed E-state index contributed by atoms with van der Waals surface area (Å²) in [5.74, 6) is -0.823. The van der Waals surface area contributed by atoms with Crippen LogP contribution in [-0.4, -0.2) is 52.6 Å². The van der Waals surface area contributed by atoms with E-state index in [0.717, 1.165) is 10.9 Å². The Balaban J connectivity index is 2.28. The molecule has 9 heteroatoms. The highest BCUT2D eigenvalue weighted by atomic mass is 16.6. The number of hydrogen-bond donors (Lipinski definition) is 4. The van der Waals surface area contributed by atoms with Crippen molar-refractivity contribution >= 4 is 28.9 Å². The lowest BCUT2D eigenvalue weighted by atomic mass is 9.97. The lowest BCUT2D eigenvalue weighted by molar-refractivity contribution is -0.131. The topological polar surface area (TPSA) is 125 Å².